The van der Waals surface area contributed by atoms with E-state index in [1.54, 1.807) is 6.92 Å². The molecule has 1 aromatic rings. The van der Waals surface area contributed by atoms with Crippen molar-refractivity contribution in [2.24, 2.45) is 0 Å². The second kappa shape index (κ2) is 6.49. The average molecular weight is 374 g/mol. The largest absolute Gasteiger partial charge is 0.314 e. The third kappa shape index (κ3) is 3.46. The second-order valence-electron chi connectivity index (χ2n) is 4.24. The SMILES string of the molecule is C[C@@H]1CNCCN1S(=O)(=O)c1ccc(Br)cc1F.Cl. The molecule has 1 aliphatic rings. The van der Waals surface area contributed by atoms with Gasteiger partial charge in [0.15, 0.2) is 0 Å². The molecule has 1 saturated heterocycles. The summed E-state index contributed by atoms with van der Waals surface area (Å²) in [5.41, 5.74) is 0. The lowest BCUT2D eigenvalue weighted by Crippen LogP contribution is -2.52. The third-order valence-electron chi connectivity index (χ3n) is 2.92. The van der Waals surface area contributed by atoms with Crippen LogP contribution in [0.25, 0.3) is 0 Å². The number of halogens is 3. The summed E-state index contributed by atoms with van der Waals surface area (Å²) in [6.07, 6.45) is 0. The first kappa shape index (κ1) is 16.8. The molecule has 0 aromatic heterocycles. The minimum Gasteiger partial charge on any atom is -0.314 e. The Balaban J connectivity index is 0.00000180. The minimum absolute atomic E-state index is 0. The Labute approximate surface area is 127 Å². The van der Waals surface area contributed by atoms with Crippen LogP contribution in [0.3, 0.4) is 0 Å². The van der Waals surface area contributed by atoms with Crippen molar-refractivity contribution < 1.29 is 12.8 Å². The molecule has 1 aliphatic heterocycles. The van der Waals surface area contributed by atoms with E-state index in [4.69, 9.17) is 0 Å². The number of hydrogen-bond acceptors (Lipinski definition) is 3. The maximum absolute atomic E-state index is 13.8. The molecule has 2 rings (SSSR count). The molecular formula is C11H15BrClFN2O2S. The van der Waals surface area contributed by atoms with Gasteiger partial charge in [-0.2, -0.15) is 4.31 Å². The summed E-state index contributed by atoms with van der Waals surface area (Å²) < 4.78 is 40.4. The number of hydrogen-bond donors (Lipinski definition) is 1. The lowest BCUT2D eigenvalue weighted by molar-refractivity contribution is 0.283. The van der Waals surface area contributed by atoms with Crippen LogP contribution >= 0.6 is 28.3 Å². The number of nitrogens with zero attached hydrogens (tertiary/aromatic N) is 1. The highest BCUT2D eigenvalue weighted by molar-refractivity contribution is 9.10. The Hall–Kier alpha value is -0.210. The Morgan fingerprint density at radius 1 is 1.47 bits per heavy atom. The molecule has 0 spiro atoms. The Kier molecular flexibility index (Phi) is 5.76. The van der Waals surface area contributed by atoms with Gasteiger partial charge in [0.25, 0.3) is 0 Å². The van der Waals surface area contributed by atoms with Gasteiger partial charge in [-0.05, 0) is 25.1 Å². The zero-order valence-corrected chi connectivity index (χ0v) is 13.5. The molecule has 1 N–H and O–H groups in total. The Morgan fingerprint density at radius 2 is 2.16 bits per heavy atom. The summed E-state index contributed by atoms with van der Waals surface area (Å²) in [5, 5.41) is 3.10. The molecule has 1 atom stereocenters. The van der Waals surface area contributed by atoms with Crippen LogP contribution in [0.2, 0.25) is 0 Å². The average Bonchev–Trinajstić information content (AvgIpc) is 2.28. The Bertz CT molecular complexity index is 556. The van der Waals surface area contributed by atoms with Gasteiger partial charge in [-0.1, -0.05) is 15.9 Å². The fourth-order valence-corrected chi connectivity index (χ4v) is 4.00. The van der Waals surface area contributed by atoms with E-state index in [0.717, 1.165) is 0 Å². The quantitative estimate of drug-likeness (QED) is 0.862. The molecule has 0 bridgehead atoms. The standard InChI is InChI=1S/C11H14BrFN2O2S.ClH/c1-8-7-14-4-5-15(8)18(16,17)11-3-2-9(12)6-10(11)13;/h2-3,6,8,14H,4-5,7H2,1H3;1H/t8-;/m1./s1. The number of rotatable bonds is 2. The number of piperazine rings is 1. The van der Waals surface area contributed by atoms with Crippen molar-refractivity contribution in [3.63, 3.8) is 0 Å². The van der Waals surface area contributed by atoms with Crippen LogP contribution in [-0.2, 0) is 10.0 Å². The third-order valence-corrected chi connectivity index (χ3v) is 5.46. The van der Waals surface area contributed by atoms with Gasteiger partial charge >= 0.3 is 0 Å². The van der Waals surface area contributed by atoms with Gasteiger partial charge < -0.3 is 5.32 Å². The number of nitrogens with one attached hydrogen (secondary N) is 1. The van der Waals surface area contributed by atoms with Crippen molar-refractivity contribution in [2.45, 2.75) is 17.9 Å². The van der Waals surface area contributed by atoms with Gasteiger partial charge in [0.2, 0.25) is 10.0 Å². The lowest BCUT2D eigenvalue weighted by Gasteiger charge is -2.32. The van der Waals surface area contributed by atoms with E-state index in [1.807, 2.05) is 0 Å². The van der Waals surface area contributed by atoms with Gasteiger partial charge in [-0.25, -0.2) is 12.8 Å². The number of benzene rings is 1. The molecule has 0 aliphatic carbocycles. The summed E-state index contributed by atoms with van der Waals surface area (Å²) in [7, 11) is -3.76. The van der Waals surface area contributed by atoms with Crippen molar-refractivity contribution in [2.75, 3.05) is 19.6 Å². The molecule has 1 fully saturated rings. The van der Waals surface area contributed by atoms with E-state index in [-0.39, 0.29) is 23.3 Å². The smallest absolute Gasteiger partial charge is 0.246 e. The van der Waals surface area contributed by atoms with Crippen LogP contribution in [0, 0.1) is 5.82 Å². The van der Waals surface area contributed by atoms with Crippen LogP contribution in [0.15, 0.2) is 27.6 Å². The van der Waals surface area contributed by atoms with Crippen LogP contribution in [-0.4, -0.2) is 38.4 Å². The predicted molar refractivity (Wildman–Crippen MR) is 77.6 cm³/mol. The van der Waals surface area contributed by atoms with Crippen molar-refractivity contribution in [3.05, 3.63) is 28.5 Å². The second-order valence-corrected chi connectivity index (χ2v) is 7.02. The summed E-state index contributed by atoms with van der Waals surface area (Å²) in [5.74, 6) is -0.727. The van der Waals surface area contributed by atoms with E-state index < -0.39 is 15.8 Å². The molecule has 0 unspecified atom stereocenters. The molecule has 1 aromatic carbocycles. The van der Waals surface area contributed by atoms with Gasteiger partial charge in [-0.15, -0.1) is 12.4 Å². The maximum Gasteiger partial charge on any atom is 0.246 e. The lowest BCUT2D eigenvalue weighted by atomic mass is 10.3. The van der Waals surface area contributed by atoms with E-state index in [1.165, 1.54) is 22.5 Å². The predicted octanol–water partition coefficient (Wildman–Crippen LogP) is 1.99. The van der Waals surface area contributed by atoms with E-state index >= 15 is 0 Å². The molecule has 1 heterocycles. The van der Waals surface area contributed by atoms with Crippen LogP contribution in [0.4, 0.5) is 4.39 Å². The summed E-state index contributed by atoms with van der Waals surface area (Å²) >= 11 is 3.11. The van der Waals surface area contributed by atoms with Gasteiger partial charge in [0.1, 0.15) is 10.7 Å². The van der Waals surface area contributed by atoms with Crippen molar-refractivity contribution in [1.29, 1.82) is 0 Å². The summed E-state index contributed by atoms with van der Waals surface area (Å²) in [4.78, 5) is -0.264. The van der Waals surface area contributed by atoms with Gasteiger partial charge in [0, 0.05) is 30.1 Å². The van der Waals surface area contributed by atoms with Gasteiger partial charge in [-0.3, -0.25) is 0 Å². The zero-order valence-electron chi connectivity index (χ0n) is 10.3. The van der Waals surface area contributed by atoms with Crippen LogP contribution < -0.4 is 5.32 Å². The first-order valence-electron chi connectivity index (χ1n) is 5.60. The minimum atomic E-state index is -3.76. The van der Waals surface area contributed by atoms with Crippen LogP contribution in [0.1, 0.15) is 6.92 Å². The maximum atomic E-state index is 13.8. The number of sulfonamides is 1. The van der Waals surface area contributed by atoms with Crippen molar-refractivity contribution >= 4 is 38.4 Å². The molecule has 0 saturated carbocycles. The van der Waals surface area contributed by atoms with Crippen LogP contribution in [0.5, 0.6) is 0 Å². The van der Waals surface area contributed by atoms with Crippen molar-refractivity contribution in [1.82, 2.24) is 9.62 Å². The molecular weight excluding hydrogens is 359 g/mol. The zero-order chi connectivity index (χ0) is 13.3. The van der Waals surface area contributed by atoms with Gasteiger partial charge in [0.05, 0.1) is 0 Å². The molecule has 0 amide bonds. The Morgan fingerprint density at radius 3 is 2.74 bits per heavy atom. The normalized spacial score (nSPS) is 20.9. The first-order chi connectivity index (χ1) is 8.43. The van der Waals surface area contributed by atoms with E-state index in [9.17, 15) is 12.8 Å². The molecule has 8 heteroatoms. The summed E-state index contributed by atoms with van der Waals surface area (Å²) in [6.45, 7) is 3.33. The molecule has 4 nitrogen and oxygen atoms in total. The molecule has 19 heavy (non-hydrogen) atoms. The molecule has 0 radical (unpaired) electrons. The highest BCUT2D eigenvalue weighted by Gasteiger charge is 2.32. The topological polar surface area (TPSA) is 49.4 Å². The van der Waals surface area contributed by atoms with E-state index in [2.05, 4.69) is 21.2 Å². The monoisotopic (exact) mass is 372 g/mol. The highest BCUT2D eigenvalue weighted by Crippen LogP contribution is 2.24. The summed E-state index contributed by atoms with van der Waals surface area (Å²) in [6, 6.07) is 3.82. The molecule has 108 valence electrons. The fraction of sp³-hybridized carbons (Fsp3) is 0.455. The first-order valence-corrected chi connectivity index (χ1v) is 7.84. The fourth-order valence-electron chi connectivity index (χ4n) is 1.99. The van der Waals surface area contributed by atoms with Crippen molar-refractivity contribution in [3.8, 4) is 0 Å². The highest BCUT2D eigenvalue weighted by atomic mass is 79.9. The van der Waals surface area contributed by atoms with E-state index in [0.29, 0.717) is 24.1 Å².